The quantitative estimate of drug-likeness (QED) is 0.750. The minimum Gasteiger partial charge on any atom is -0.311 e. The first kappa shape index (κ1) is 15.2. The molecule has 0 aliphatic rings. The fourth-order valence-electron chi connectivity index (χ4n) is 2.13. The number of hydrogen-bond acceptors (Lipinski definition) is 3. The van der Waals surface area contributed by atoms with E-state index in [1.807, 2.05) is 11.3 Å². The third-order valence-electron chi connectivity index (χ3n) is 3.55. The molecule has 0 aliphatic carbocycles. The number of nitrogens with one attached hydrogen (secondary N) is 1. The van der Waals surface area contributed by atoms with Crippen molar-refractivity contribution in [2.24, 2.45) is 0 Å². The van der Waals surface area contributed by atoms with E-state index >= 15 is 0 Å². The Kier molecular flexibility index (Phi) is 6.25. The van der Waals surface area contributed by atoms with Gasteiger partial charge in [0.1, 0.15) is 0 Å². The van der Waals surface area contributed by atoms with Gasteiger partial charge in [0.15, 0.2) is 0 Å². The van der Waals surface area contributed by atoms with Crippen molar-refractivity contribution < 1.29 is 0 Å². The summed E-state index contributed by atoms with van der Waals surface area (Å²) in [5.41, 5.74) is 2.82. The number of hydrogen-bond donors (Lipinski definition) is 1. The van der Waals surface area contributed by atoms with Gasteiger partial charge in [-0.05, 0) is 43.0 Å². The average molecular weight is 288 g/mol. The SMILES string of the molecule is Cc1ccsc1CNCCN(C)CCc1ccccc1. The summed E-state index contributed by atoms with van der Waals surface area (Å²) in [7, 11) is 2.20. The Morgan fingerprint density at radius 3 is 2.60 bits per heavy atom. The second-order valence-corrected chi connectivity index (χ2v) is 6.24. The van der Waals surface area contributed by atoms with Crippen LogP contribution in [0.25, 0.3) is 0 Å². The molecule has 108 valence electrons. The van der Waals surface area contributed by atoms with Gasteiger partial charge in [-0.2, -0.15) is 0 Å². The molecule has 1 aromatic heterocycles. The van der Waals surface area contributed by atoms with Crippen molar-refractivity contribution in [3.05, 3.63) is 57.8 Å². The Bertz CT molecular complexity index is 493. The molecule has 0 amide bonds. The molecule has 2 nitrogen and oxygen atoms in total. The number of nitrogens with zero attached hydrogens (tertiary/aromatic N) is 1. The van der Waals surface area contributed by atoms with Crippen molar-refractivity contribution in [2.45, 2.75) is 19.9 Å². The van der Waals surface area contributed by atoms with E-state index in [9.17, 15) is 0 Å². The number of thiophene rings is 1. The number of likely N-dealkylation sites (N-methyl/N-ethyl adjacent to an activating group) is 1. The van der Waals surface area contributed by atoms with Crippen molar-refractivity contribution in [3.8, 4) is 0 Å². The largest absolute Gasteiger partial charge is 0.311 e. The van der Waals surface area contributed by atoms with Crippen LogP contribution in [0, 0.1) is 6.92 Å². The fraction of sp³-hybridized carbons (Fsp3) is 0.412. The molecule has 1 aromatic carbocycles. The van der Waals surface area contributed by atoms with Gasteiger partial charge >= 0.3 is 0 Å². The lowest BCUT2D eigenvalue weighted by molar-refractivity contribution is 0.335. The van der Waals surface area contributed by atoms with E-state index in [1.165, 1.54) is 16.0 Å². The Morgan fingerprint density at radius 1 is 1.10 bits per heavy atom. The lowest BCUT2D eigenvalue weighted by Gasteiger charge is -2.16. The van der Waals surface area contributed by atoms with Gasteiger partial charge in [-0.25, -0.2) is 0 Å². The van der Waals surface area contributed by atoms with Crippen molar-refractivity contribution in [2.75, 3.05) is 26.7 Å². The molecule has 2 rings (SSSR count). The summed E-state index contributed by atoms with van der Waals surface area (Å²) < 4.78 is 0. The van der Waals surface area contributed by atoms with Gasteiger partial charge in [-0.1, -0.05) is 30.3 Å². The molecule has 0 aliphatic heterocycles. The van der Waals surface area contributed by atoms with Gasteiger partial charge in [0.05, 0.1) is 0 Å². The second-order valence-electron chi connectivity index (χ2n) is 5.24. The molecule has 0 saturated heterocycles. The topological polar surface area (TPSA) is 15.3 Å². The van der Waals surface area contributed by atoms with Gasteiger partial charge < -0.3 is 10.2 Å². The molecule has 0 saturated carbocycles. The predicted molar refractivity (Wildman–Crippen MR) is 88.4 cm³/mol. The van der Waals surface area contributed by atoms with Crippen LogP contribution in [0.2, 0.25) is 0 Å². The van der Waals surface area contributed by atoms with E-state index in [2.05, 4.69) is 66.0 Å². The zero-order valence-corrected chi connectivity index (χ0v) is 13.2. The van der Waals surface area contributed by atoms with E-state index in [-0.39, 0.29) is 0 Å². The molecule has 0 atom stereocenters. The van der Waals surface area contributed by atoms with Gasteiger partial charge in [0.2, 0.25) is 0 Å². The molecule has 0 spiro atoms. The van der Waals surface area contributed by atoms with Crippen molar-refractivity contribution >= 4 is 11.3 Å². The first-order valence-corrected chi connectivity index (χ1v) is 8.10. The number of rotatable bonds is 8. The molecule has 20 heavy (non-hydrogen) atoms. The minimum absolute atomic E-state index is 0.996. The Balaban J connectivity index is 1.58. The normalized spacial score (nSPS) is 11.2. The summed E-state index contributed by atoms with van der Waals surface area (Å²) in [5.74, 6) is 0. The fourth-order valence-corrected chi connectivity index (χ4v) is 3.01. The Labute approximate surface area is 126 Å². The molecular formula is C17H24N2S. The zero-order valence-electron chi connectivity index (χ0n) is 12.4. The Morgan fingerprint density at radius 2 is 1.90 bits per heavy atom. The lowest BCUT2D eigenvalue weighted by atomic mass is 10.1. The number of benzene rings is 1. The van der Waals surface area contributed by atoms with Crippen molar-refractivity contribution in [1.29, 1.82) is 0 Å². The molecule has 0 radical (unpaired) electrons. The standard InChI is InChI=1S/C17H24N2S/c1-15-9-13-20-17(15)14-18-10-12-19(2)11-8-16-6-4-3-5-7-16/h3-7,9,13,18H,8,10-12,14H2,1-2H3. The van der Waals surface area contributed by atoms with E-state index in [0.29, 0.717) is 0 Å². The first-order valence-electron chi connectivity index (χ1n) is 7.22. The molecule has 3 heteroatoms. The van der Waals surface area contributed by atoms with Crippen LogP contribution < -0.4 is 5.32 Å². The van der Waals surface area contributed by atoms with Crippen LogP contribution in [0.3, 0.4) is 0 Å². The zero-order chi connectivity index (χ0) is 14.2. The van der Waals surface area contributed by atoms with Crippen LogP contribution in [0.4, 0.5) is 0 Å². The molecule has 0 bridgehead atoms. The monoisotopic (exact) mass is 288 g/mol. The minimum atomic E-state index is 0.996. The van der Waals surface area contributed by atoms with Gasteiger partial charge in [-0.3, -0.25) is 0 Å². The van der Waals surface area contributed by atoms with Crippen LogP contribution in [-0.4, -0.2) is 31.6 Å². The highest BCUT2D eigenvalue weighted by Gasteiger charge is 2.01. The maximum absolute atomic E-state index is 3.53. The molecule has 2 aromatic rings. The van der Waals surface area contributed by atoms with Crippen LogP contribution >= 0.6 is 11.3 Å². The van der Waals surface area contributed by atoms with E-state index < -0.39 is 0 Å². The van der Waals surface area contributed by atoms with Crippen LogP contribution in [-0.2, 0) is 13.0 Å². The van der Waals surface area contributed by atoms with Gasteiger partial charge in [0, 0.05) is 31.1 Å². The Hall–Kier alpha value is -1.16. The highest BCUT2D eigenvalue weighted by atomic mass is 32.1. The summed E-state index contributed by atoms with van der Waals surface area (Å²) in [6.07, 6.45) is 1.13. The summed E-state index contributed by atoms with van der Waals surface area (Å²) in [5, 5.41) is 5.69. The summed E-state index contributed by atoms with van der Waals surface area (Å²) in [6, 6.07) is 12.9. The summed E-state index contributed by atoms with van der Waals surface area (Å²) >= 11 is 1.84. The van der Waals surface area contributed by atoms with Crippen LogP contribution in [0.1, 0.15) is 16.0 Å². The maximum Gasteiger partial charge on any atom is 0.0302 e. The van der Waals surface area contributed by atoms with Crippen LogP contribution in [0.5, 0.6) is 0 Å². The predicted octanol–water partition coefficient (Wildman–Crippen LogP) is 3.32. The third-order valence-corrected chi connectivity index (χ3v) is 4.57. The molecule has 1 heterocycles. The van der Waals surface area contributed by atoms with Crippen molar-refractivity contribution in [1.82, 2.24) is 10.2 Å². The van der Waals surface area contributed by atoms with Gasteiger partial charge in [-0.15, -0.1) is 11.3 Å². The van der Waals surface area contributed by atoms with Crippen LogP contribution in [0.15, 0.2) is 41.8 Å². The first-order chi connectivity index (χ1) is 9.75. The molecular weight excluding hydrogens is 264 g/mol. The number of aryl methyl sites for hydroxylation is 1. The van der Waals surface area contributed by atoms with E-state index in [0.717, 1.165) is 32.6 Å². The summed E-state index contributed by atoms with van der Waals surface area (Å²) in [6.45, 7) is 6.43. The van der Waals surface area contributed by atoms with Gasteiger partial charge in [0.25, 0.3) is 0 Å². The smallest absolute Gasteiger partial charge is 0.0302 e. The van der Waals surface area contributed by atoms with E-state index in [1.54, 1.807) is 0 Å². The second kappa shape index (κ2) is 8.20. The van der Waals surface area contributed by atoms with Crippen molar-refractivity contribution in [3.63, 3.8) is 0 Å². The highest BCUT2D eigenvalue weighted by Crippen LogP contribution is 2.14. The highest BCUT2D eigenvalue weighted by molar-refractivity contribution is 7.10. The molecule has 1 N–H and O–H groups in total. The summed E-state index contributed by atoms with van der Waals surface area (Å²) in [4.78, 5) is 3.85. The third kappa shape index (κ3) is 5.08. The van der Waals surface area contributed by atoms with E-state index in [4.69, 9.17) is 0 Å². The average Bonchev–Trinajstić information content (AvgIpc) is 2.88. The molecule has 0 fully saturated rings. The maximum atomic E-state index is 3.53. The molecule has 0 unspecified atom stereocenters. The lowest BCUT2D eigenvalue weighted by Crippen LogP contribution is -2.30.